The summed E-state index contributed by atoms with van der Waals surface area (Å²) in [5.74, 6) is 1.65. The van der Waals surface area contributed by atoms with E-state index >= 15 is 0 Å². The SMILES string of the molecule is Cc1nnc2c(N(C)Cc3cccc(N)c3)nccn12. The molecule has 0 radical (unpaired) electrons. The molecule has 0 saturated carbocycles. The summed E-state index contributed by atoms with van der Waals surface area (Å²) < 4.78 is 1.93. The smallest absolute Gasteiger partial charge is 0.203 e. The molecule has 6 nitrogen and oxygen atoms in total. The van der Waals surface area contributed by atoms with E-state index in [0.717, 1.165) is 28.5 Å². The van der Waals surface area contributed by atoms with Crippen LogP contribution < -0.4 is 10.6 Å². The van der Waals surface area contributed by atoms with Crippen LogP contribution in [-0.4, -0.2) is 26.6 Å². The number of aryl methyl sites for hydroxylation is 1. The van der Waals surface area contributed by atoms with Crippen LogP contribution in [0.4, 0.5) is 11.5 Å². The van der Waals surface area contributed by atoms with Gasteiger partial charge in [0.1, 0.15) is 5.82 Å². The van der Waals surface area contributed by atoms with E-state index in [4.69, 9.17) is 5.73 Å². The molecule has 0 saturated heterocycles. The van der Waals surface area contributed by atoms with Gasteiger partial charge in [-0.1, -0.05) is 12.1 Å². The summed E-state index contributed by atoms with van der Waals surface area (Å²) in [5.41, 5.74) is 8.46. The molecule has 6 heteroatoms. The molecule has 0 aliphatic rings. The van der Waals surface area contributed by atoms with Gasteiger partial charge in [-0.3, -0.25) is 4.40 Å². The molecule has 2 N–H and O–H groups in total. The highest BCUT2D eigenvalue weighted by molar-refractivity contribution is 5.63. The van der Waals surface area contributed by atoms with Crippen LogP contribution in [0.15, 0.2) is 36.7 Å². The second-order valence-electron chi connectivity index (χ2n) is 4.79. The van der Waals surface area contributed by atoms with E-state index in [9.17, 15) is 0 Å². The number of nitrogens with two attached hydrogens (primary N) is 1. The summed E-state index contributed by atoms with van der Waals surface area (Å²) in [4.78, 5) is 6.45. The first kappa shape index (κ1) is 12.4. The molecule has 2 heterocycles. The zero-order valence-electron chi connectivity index (χ0n) is 11.5. The van der Waals surface area contributed by atoms with Gasteiger partial charge in [-0.15, -0.1) is 10.2 Å². The van der Waals surface area contributed by atoms with E-state index in [1.807, 2.05) is 53.7 Å². The van der Waals surface area contributed by atoms with Crippen molar-refractivity contribution >= 4 is 17.2 Å². The lowest BCUT2D eigenvalue weighted by atomic mass is 10.2. The largest absolute Gasteiger partial charge is 0.399 e. The van der Waals surface area contributed by atoms with Crippen molar-refractivity contribution in [3.63, 3.8) is 0 Å². The lowest BCUT2D eigenvalue weighted by Gasteiger charge is -2.18. The maximum atomic E-state index is 5.81. The second-order valence-corrected chi connectivity index (χ2v) is 4.79. The molecule has 0 spiro atoms. The van der Waals surface area contributed by atoms with Crippen molar-refractivity contribution < 1.29 is 0 Å². The quantitative estimate of drug-likeness (QED) is 0.731. The molecule has 0 amide bonds. The van der Waals surface area contributed by atoms with Crippen LogP contribution in [0.1, 0.15) is 11.4 Å². The molecule has 0 bridgehead atoms. The third-order valence-electron chi connectivity index (χ3n) is 3.21. The Morgan fingerprint density at radius 3 is 2.95 bits per heavy atom. The highest BCUT2D eigenvalue weighted by Crippen LogP contribution is 2.18. The van der Waals surface area contributed by atoms with Crippen molar-refractivity contribution in [2.24, 2.45) is 0 Å². The molecule has 20 heavy (non-hydrogen) atoms. The van der Waals surface area contributed by atoms with E-state index in [-0.39, 0.29) is 0 Å². The zero-order valence-corrected chi connectivity index (χ0v) is 11.5. The third kappa shape index (κ3) is 2.16. The van der Waals surface area contributed by atoms with Crippen molar-refractivity contribution in [2.75, 3.05) is 17.7 Å². The Morgan fingerprint density at radius 1 is 1.30 bits per heavy atom. The number of aromatic nitrogens is 4. The lowest BCUT2D eigenvalue weighted by Crippen LogP contribution is -2.18. The van der Waals surface area contributed by atoms with Crippen molar-refractivity contribution in [3.8, 4) is 0 Å². The molecular formula is C14H16N6. The topological polar surface area (TPSA) is 72.3 Å². The Hall–Kier alpha value is -2.63. The van der Waals surface area contributed by atoms with Crippen LogP contribution in [0.25, 0.3) is 5.65 Å². The van der Waals surface area contributed by atoms with Crippen molar-refractivity contribution in [2.45, 2.75) is 13.5 Å². The summed E-state index contributed by atoms with van der Waals surface area (Å²) in [5, 5.41) is 8.27. The number of rotatable bonds is 3. The van der Waals surface area contributed by atoms with Crippen LogP contribution in [0, 0.1) is 6.92 Å². The van der Waals surface area contributed by atoms with E-state index in [0.29, 0.717) is 6.54 Å². The fourth-order valence-electron chi connectivity index (χ4n) is 2.24. The number of benzene rings is 1. The number of hydrogen-bond acceptors (Lipinski definition) is 5. The third-order valence-corrected chi connectivity index (χ3v) is 3.21. The van der Waals surface area contributed by atoms with E-state index in [1.165, 1.54) is 0 Å². The number of fused-ring (bicyclic) bond motifs is 1. The van der Waals surface area contributed by atoms with Gasteiger partial charge in [0.05, 0.1) is 0 Å². The molecule has 3 aromatic rings. The first-order valence-corrected chi connectivity index (χ1v) is 6.37. The zero-order chi connectivity index (χ0) is 14.1. The Balaban J connectivity index is 1.94. The minimum absolute atomic E-state index is 0.712. The minimum atomic E-state index is 0.712. The molecule has 2 aromatic heterocycles. The molecule has 0 aliphatic heterocycles. The van der Waals surface area contributed by atoms with Gasteiger partial charge < -0.3 is 10.6 Å². The van der Waals surface area contributed by atoms with Gasteiger partial charge in [0.25, 0.3) is 0 Å². The summed E-state index contributed by atoms with van der Waals surface area (Å²) in [7, 11) is 1.98. The fourth-order valence-corrected chi connectivity index (χ4v) is 2.24. The Bertz CT molecular complexity index is 748. The van der Waals surface area contributed by atoms with Crippen LogP contribution in [0.3, 0.4) is 0 Å². The fraction of sp³-hybridized carbons (Fsp3) is 0.214. The molecule has 0 unspecified atom stereocenters. The normalized spacial score (nSPS) is 10.9. The monoisotopic (exact) mass is 268 g/mol. The first-order chi connectivity index (χ1) is 9.65. The Labute approximate surface area is 116 Å². The van der Waals surface area contributed by atoms with Crippen LogP contribution in [0.2, 0.25) is 0 Å². The van der Waals surface area contributed by atoms with E-state index in [1.54, 1.807) is 6.20 Å². The van der Waals surface area contributed by atoms with Gasteiger partial charge >= 0.3 is 0 Å². The maximum absolute atomic E-state index is 5.81. The van der Waals surface area contributed by atoms with Gasteiger partial charge in [-0.25, -0.2) is 4.98 Å². The highest BCUT2D eigenvalue weighted by atomic mass is 15.3. The van der Waals surface area contributed by atoms with Gasteiger partial charge in [0.15, 0.2) is 5.82 Å². The van der Waals surface area contributed by atoms with Crippen molar-refractivity contribution in [1.29, 1.82) is 0 Å². The van der Waals surface area contributed by atoms with Gasteiger partial charge in [0, 0.05) is 31.7 Å². The summed E-state index contributed by atoms with van der Waals surface area (Å²) >= 11 is 0. The molecule has 1 aromatic carbocycles. The predicted octanol–water partition coefficient (Wildman–Crippen LogP) is 1.65. The minimum Gasteiger partial charge on any atom is -0.399 e. The summed E-state index contributed by atoms with van der Waals surface area (Å²) in [6.07, 6.45) is 3.62. The van der Waals surface area contributed by atoms with Crippen molar-refractivity contribution in [1.82, 2.24) is 19.6 Å². The highest BCUT2D eigenvalue weighted by Gasteiger charge is 2.12. The predicted molar refractivity (Wildman–Crippen MR) is 78.5 cm³/mol. The molecule has 0 atom stereocenters. The summed E-state index contributed by atoms with van der Waals surface area (Å²) in [6, 6.07) is 7.84. The number of anilines is 2. The van der Waals surface area contributed by atoms with Crippen LogP contribution >= 0.6 is 0 Å². The summed E-state index contributed by atoms with van der Waals surface area (Å²) in [6.45, 7) is 2.63. The van der Waals surface area contributed by atoms with Gasteiger partial charge in [-0.2, -0.15) is 0 Å². The number of hydrogen-bond donors (Lipinski definition) is 1. The van der Waals surface area contributed by atoms with E-state index < -0.39 is 0 Å². The standard InChI is InChI=1S/C14H16N6/c1-10-17-18-14-13(16-6-7-20(10)14)19(2)9-11-4-3-5-12(15)8-11/h3-8H,9,15H2,1-2H3. The van der Waals surface area contributed by atoms with Crippen molar-refractivity contribution in [3.05, 3.63) is 48.0 Å². The van der Waals surface area contributed by atoms with Crippen LogP contribution in [-0.2, 0) is 6.54 Å². The molecule has 102 valence electrons. The molecule has 3 rings (SSSR count). The molecular weight excluding hydrogens is 252 g/mol. The van der Waals surface area contributed by atoms with E-state index in [2.05, 4.69) is 15.2 Å². The number of nitrogens with zero attached hydrogens (tertiary/aromatic N) is 5. The second kappa shape index (κ2) is 4.80. The Kier molecular flexibility index (Phi) is 2.98. The van der Waals surface area contributed by atoms with Gasteiger partial charge in [0.2, 0.25) is 5.65 Å². The molecule has 0 fully saturated rings. The Morgan fingerprint density at radius 2 is 2.15 bits per heavy atom. The first-order valence-electron chi connectivity index (χ1n) is 6.37. The average molecular weight is 268 g/mol. The maximum Gasteiger partial charge on any atom is 0.203 e. The van der Waals surface area contributed by atoms with Gasteiger partial charge in [-0.05, 0) is 24.6 Å². The number of nitrogen functional groups attached to an aromatic ring is 1. The van der Waals surface area contributed by atoms with Crippen LogP contribution in [0.5, 0.6) is 0 Å². The molecule has 0 aliphatic carbocycles. The lowest BCUT2D eigenvalue weighted by molar-refractivity contribution is 0.890. The average Bonchev–Trinajstić information content (AvgIpc) is 2.81.